The molecule has 2 N–H and O–H groups in total. The Bertz CT molecular complexity index is 695. The monoisotopic (exact) mass is 499 g/mol. The first kappa shape index (κ1) is 22.1. The molecule has 1 fully saturated rings. The van der Waals surface area contributed by atoms with Crippen molar-refractivity contribution in [3.63, 3.8) is 0 Å². The Balaban J connectivity index is 0.00000261. The zero-order valence-electron chi connectivity index (χ0n) is 16.1. The van der Waals surface area contributed by atoms with Crippen LogP contribution in [0.25, 0.3) is 0 Å². The summed E-state index contributed by atoms with van der Waals surface area (Å²) in [5.41, 5.74) is 2.48. The number of aromatic nitrogens is 1. The van der Waals surface area contributed by atoms with Crippen LogP contribution in [0.5, 0.6) is 0 Å². The fraction of sp³-hybridized carbons (Fsp3) is 0.500. The van der Waals surface area contributed by atoms with Crippen LogP contribution in [0.1, 0.15) is 36.0 Å². The van der Waals surface area contributed by atoms with E-state index in [0.717, 1.165) is 57.1 Å². The number of aryl methyl sites for hydroxylation is 1. The lowest BCUT2D eigenvalue weighted by atomic mass is 10.0. The third-order valence-electron chi connectivity index (χ3n) is 4.74. The Morgan fingerprint density at radius 1 is 1.26 bits per heavy atom. The summed E-state index contributed by atoms with van der Waals surface area (Å²) in [5.74, 6) is 0.873. The van der Waals surface area contributed by atoms with E-state index in [1.165, 1.54) is 10.6 Å². The van der Waals surface area contributed by atoms with Crippen molar-refractivity contribution in [2.24, 2.45) is 4.99 Å². The van der Waals surface area contributed by atoms with Crippen LogP contribution in [0.3, 0.4) is 0 Å². The number of guanidine groups is 1. The summed E-state index contributed by atoms with van der Waals surface area (Å²) in [7, 11) is 1.83. The first-order chi connectivity index (χ1) is 12.8. The quantitative estimate of drug-likeness (QED) is 0.362. The van der Waals surface area contributed by atoms with Crippen molar-refractivity contribution in [1.82, 2.24) is 20.5 Å². The first-order valence-corrected chi connectivity index (χ1v) is 10.3. The van der Waals surface area contributed by atoms with Crippen LogP contribution < -0.4 is 10.6 Å². The Morgan fingerprint density at radius 3 is 2.63 bits per heavy atom. The number of aliphatic imine (C=N–C) groups is 1. The zero-order chi connectivity index (χ0) is 18.2. The number of nitrogens with one attached hydrogen (secondary N) is 2. The molecule has 1 aromatic carbocycles. The van der Waals surface area contributed by atoms with Gasteiger partial charge in [0.05, 0.1) is 17.2 Å². The van der Waals surface area contributed by atoms with Crippen molar-refractivity contribution < 1.29 is 0 Å². The first-order valence-electron chi connectivity index (χ1n) is 9.43. The van der Waals surface area contributed by atoms with Crippen LogP contribution in [-0.2, 0) is 19.5 Å². The van der Waals surface area contributed by atoms with E-state index in [2.05, 4.69) is 68.1 Å². The number of hydrogen-bond acceptors (Lipinski definition) is 4. The van der Waals surface area contributed by atoms with Gasteiger partial charge in [-0.05, 0) is 24.8 Å². The highest BCUT2D eigenvalue weighted by Crippen LogP contribution is 2.14. The number of piperidine rings is 1. The van der Waals surface area contributed by atoms with Gasteiger partial charge in [0.25, 0.3) is 0 Å². The van der Waals surface area contributed by atoms with Gasteiger partial charge in [-0.15, -0.1) is 35.3 Å². The minimum atomic E-state index is 0. The molecule has 0 spiro atoms. The van der Waals surface area contributed by atoms with Crippen LogP contribution in [0.2, 0.25) is 0 Å². The van der Waals surface area contributed by atoms with E-state index >= 15 is 0 Å². The molecule has 1 aliphatic rings. The fourth-order valence-corrected chi connectivity index (χ4v) is 3.98. The Kier molecular flexibility index (Phi) is 9.50. The SMILES string of the molecule is CCc1nc(CNC(=NC)NC2CCN(Cc3ccccc3)CC2)cs1.I. The van der Waals surface area contributed by atoms with E-state index in [1.807, 2.05) is 7.05 Å². The molecular formula is C20H30IN5S. The second-order valence-corrected chi connectivity index (χ2v) is 7.63. The van der Waals surface area contributed by atoms with Gasteiger partial charge in [0.1, 0.15) is 0 Å². The number of nitrogens with zero attached hydrogens (tertiary/aromatic N) is 3. The lowest BCUT2D eigenvalue weighted by molar-refractivity contribution is 0.198. The van der Waals surface area contributed by atoms with Crippen LogP contribution in [0.15, 0.2) is 40.7 Å². The smallest absolute Gasteiger partial charge is 0.191 e. The number of hydrogen-bond donors (Lipinski definition) is 2. The molecule has 2 aromatic rings. The van der Waals surface area contributed by atoms with Gasteiger partial charge in [-0.25, -0.2) is 4.98 Å². The second kappa shape index (κ2) is 11.6. The number of halogens is 1. The average molecular weight is 499 g/mol. The van der Waals surface area contributed by atoms with Crippen LogP contribution in [-0.4, -0.2) is 42.0 Å². The van der Waals surface area contributed by atoms with Gasteiger partial charge in [0.2, 0.25) is 0 Å². The molecule has 148 valence electrons. The van der Waals surface area contributed by atoms with Gasteiger partial charge in [0, 0.05) is 38.1 Å². The maximum atomic E-state index is 4.60. The topological polar surface area (TPSA) is 52.6 Å². The maximum absolute atomic E-state index is 4.60. The minimum Gasteiger partial charge on any atom is -0.354 e. The molecular weight excluding hydrogens is 469 g/mol. The van der Waals surface area contributed by atoms with Crippen molar-refractivity contribution in [1.29, 1.82) is 0 Å². The summed E-state index contributed by atoms with van der Waals surface area (Å²) >= 11 is 1.73. The van der Waals surface area contributed by atoms with Crippen molar-refractivity contribution >= 4 is 41.3 Å². The summed E-state index contributed by atoms with van der Waals surface area (Å²) in [6.45, 7) is 6.15. The van der Waals surface area contributed by atoms with Crippen LogP contribution in [0, 0.1) is 0 Å². The van der Waals surface area contributed by atoms with Crippen molar-refractivity contribution in [3.05, 3.63) is 52.0 Å². The number of thiazole rings is 1. The average Bonchev–Trinajstić information content (AvgIpc) is 3.15. The molecule has 27 heavy (non-hydrogen) atoms. The van der Waals surface area contributed by atoms with Gasteiger partial charge in [-0.3, -0.25) is 9.89 Å². The highest BCUT2D eigenvalue weighted by atomic mass is 127. The zero-order valence-corrected chi connectivity index (χ0v) is 19.3. The molecule has 0 atom stereocenters. The summed E-state index contributed by atoms with van der Waals surface area (Å²) < 4.78 is 0. The van der Waals surface area contributed by atoms with Crippen molar-refractivity contribution in [3.8, 4) is 0 Å². The molecule has 1 saturated heterocycles. The molecule has 0 aliphatic carbocycles. The minimum absolute atomic E-state index is 0. The summed E-state index contributed by atoms with van der Waals surface area (Å²) in [4.78, 5) is 11.5. The molecule has 1 aliphatic heterocycles. The van der Waals surface area contributed by atoms with Gasteiger partial charge in [0.15, 0.2) is 5.96 Å². The Morgan fingerprint density at radius 2 is 2.00 bits per heavy atom. The normalized spacial score (nSPS) is 16.0. The fourth-order valence-electron chi connectivity index (χ4n) is 3.23. The van der Waals surface area contributed by atoms with Gasteiger partial charge in [-0.2, -0.15) is 0 Å². The predicted octanol–water partition coefficient (Wildman–Crippen LogP) is 3.65. The van der Waals surface area contributed by atoms with Crippen LogP contribution in [0.4, 0.5) is 0 Å². The number of benzene rings is 1. The molecule has 0 bridgehead atoms. The second-order valence-electron chi connectivity index (χ2n) is 6.69. The van der Waals surface area contributed by atoms with Gasteiger partial charge >= 0.3 is 0 Å². The van der Waals surface area contributed by atoms with E-state index in [9.17, 15) is 0 Å². The molecule has 1 aromatic heterocycles. The standard InChI is InChI=1S/C20H29N5S.HI/c1-3-19-23-18(15-26-19)13-22-20(21-2)24-17-9-11-25(12-10-17)14-16-7-5-4-6-8-16;/h4-8,15,17H,3,9-14H2,1-2H3,(H2,21,22,24);1H. The summed E-state index contributed by atoms with van der Waals surface area (Å²) in [5, 5.41) is 10.3. The Labute approximate surface area is 183 Å². The van der Waals surface area contributed by atoms with Gasteiger partial charge in [-0.1, -0.05) is 37.3 Å². The molecule has 0 amide bonds. The highest BCUT2D eigenvalue weighted by Gasteiger charge is 2.20. The van der Waals surface area contributed by atoms with E-state index in [-0.39, 0.29) is 24.0 Å². The number of rotatable bonds is 6. The molecule has 3 rings (SSSR count). The molecule has 7 heteroatoms. The third-order valence-corrected chi connectivity index (χ3v) is 5.78. The summed E-state index contributed by atoms with van der Waals surface area (Å²) in [6.07, 6.45) is 3.29. The van der Waals surface area contributed by atoms with E-state index < -0.39 is 0 Å². The highest BCUT2D eigenvalue weighted by molar-refractivity contribution is 14.0. The lowest BCUT2D eigenvalue weighted by Gasteiger charge is -2.33. The third kappa shape index (κ3) is 7.04. The van der Waals surface area contributed by atoms with Crippen LogP contribution >= 0.6 is 35.3 Å². The lowest BCUT2D eigenvalue weighted by Crippen LogP contribution is -2.48. The maximum Gasteiger partial charge on any atom is 0.191 e. The van der Waals surface area contributed by atoms with Crippen molar-refractivity contribution in [2.75, 3.05) is 20.1 Å². The molecule has 2 heterocycles. The molecule has 0 unspecified atom stereocenters. The summed E-state index contributed by atoms with van der Waals surface area (Å²) in [6, 6.07) is 11.2. The predicted molar refractivity (Wildman–Crippen MR) is 125 cm³/mol. The molecule has 5 nitrogen and oxygen atoms in total. The number of likely N-dealkylation sites (tertiary alicyclic amines) is 1. The van der Waals surface area contributed by atoms with E-state index in [1.54, 1.807) is 11.3 Å². The van der Waals surface area contributed by atoms with E-state index in [0.29, 0.717) is 6.04 Å². The Hall–Kier alpha value is -1.19. The van der Waals surface area contributed by atoms with Crippen molar-refractivity contribution in [2.45, 2.75) is 45.3 Å². The largest absolute Gasteiger partial charge is 0.354 e. The van der Waals surface area contributed by atoms with E-state index in [4.69, 9.17) is 0 Å². The molecule has 0 radical (unpaired) electrons. The molecule has 0 saturated carbocycles. The van der Waals surface area contributed by atoms with Gasteiger partial charge < -0.3 is 10.6 Å².